The van der Waals surface area contributed by atoms with Gasteiger partial charge in [-0.3, -0.25) is 19.2 Å². The summed E-state index contributed by atoms with van der Waals surface area (Å²) in [5.41, 5.74) is -1.55. The van der Waals surface area contributed by atoms with Crippen molar-refractivity contribution in [1.82, 2.24) is 0 Å². The zero-order chi connectivity index (χ0) is 23.8. The summed E-state index contributed by atoms with van der Waals surface area (Å²) in [6.07, 6.45) is 6.03. The molecule has 1 saturated carbocycles. The predicted molar refractivity (Wildman–Crippen MR) is 116 cm³/mol. The molecule has 2 aliphatic carbocycles. The lowest BCUT2D eigenvalue weighted by atomic mass is 9.75. The fourth-order valence-corrected chi connectivity index (χ4v) is 4.52. The maximum Gasteiger partial charge on any atom is 0.312 e. The molecule has 174 valence electrons. The van der Waals surface area contributed by atoms with Crippen LogP contribution in [-0.4, -0.2) is 40.1 Å². The van der Waals surface area contributed by atoms with E-state index in [2.05, 4.69) is 0 Å². The third-order valence-electron chi connectivity index (χ3n) is 7.08. The van der Waals surface area contributed by atoms with Crippen LogP contribution in [0, 0.1) is 23.7 Å². The average molecular weight is 445 g/mol. The molecule has 0 aromatic carbocycles. The van der Waals surface area contributed by atoms with Gasteiger partial charge in [0.25, 0.3) is 0 Å². The Morgan fingerprint density at radius 3 is 2.59 bits per heavy atom. The van der Waals surface area contributed by atoms with Gasteiger partial charge >= 0.3 is 5.97 Å². The standard InChI is InChI=1S/C25H32O7/c1-6-13(2)22(28)15(4)24(30)32-25(5)20(27)11-16-10-19(31-12-17(16)23(25)29)21-14(3)8-7-9-18(21)26/h10-15,21-22,28H,6-9H2,1-5H3/t13-,14+,15+,21-,22+,25-/m0/s1. The minimum Gasteiger partial charge on any atom is -0.468 e. The van der Waals surface area contributed by atoms with Crippen molar-refractivity contribution < 1.29 is 33.8 Å². The minimum absolute atomic E-state index is 0.0912. The Labute approximate surface area is 188 Å². The van der Waals surface area contributed by atoms with Crippen LogP contribution in [-0.2, 0) is 28.7 Å². The van der Waals surface area contributed by atoms with Gasteiger partial charge in [-0.25, -0.2) is 0 Å². The van der Waals surface area contributed by atoms with Crippen LogP contribution in [0.3, 0.4) is 0 Å². The lowest BCUT2D eigenvalue weighted by Crippen LogP contribution is -2.52. The Balaban J connectivity index is 1.84. The van der Waals surface area contributed by atoms with Gasteiger partial charge in [-0.15, -0.1) is 0 Å². The Bertz CT molecular complexity index is 925. The maximum absolute atomic E-state index is 13.2. The van der Waals surface area contributed by atoms with E-state index in [1.807, 2.05) is 20.8 Å². The third kappa shape index (κ3) is 4.22. The quantitative estimate of drug-likeness (QED) is 0.495. The largest absolute Gasteiger partial charge is 0.468 e. The number of ether oxygens (including phenoxy) is 2. The normalized spacial score (nSPS) is 30.8. The number of aliphatic hydroxyl groups excluding tert-OH is 1. The van der Waals surface area contributed by atoms with Gasteiger partial charge in [0.15, 0.2) is 0 Å². The summed E-state index contributed by atoms with van der Waals surface area (Å²) in [6, 6.07) is 0. The third-order valence-corrected chi connectivity index (χ3v) is 7.08. The van der Waals surface area contributed by atoms with Gasteiger partial charge in [0, 0.05) is 6.42 Å². The molecule has 7 heteroatoms. The van der Waals surface area contributed by atoms with E-state index in [1.54, 1.807) is 6.08 Å². The number of carbonyl (C=O) groups is 4. The van der Waals surface area contributed by atoms with Gasteiger partial charge in [0.1, 0.15) is 17.8 Å². The van der Waals surface area contributed by atoms with E-state index < -0.39 is 41.1 Å². The summed E-state index contributed by atoms with van der Waals surface area (Å²) < 4.78 is 11.1. The molecule has 0 saturated heterocycles. The number of esters is 1. The molecule has 0 radical (unpaired) electrons. The van der Waals surface area contributed by atoms with Crippen LogP contribution in [0.15, 0.2) is 35.3 Å². The highest BCUT2D eigenvalue weighted by Crippen LogP contribution is 2.39. The molecule has 0 spiro atoms. The fraction of sp³-hybridized carbons (Fsp3) is 0.600. The van der Waals surface area contributed by atoms with Gasteiger partial charge in [0.2, 0.25) is 17.2 Å². The highest BCUT2D eigenvalue weighted by atomic mass is 16.6. The van der Waals surface area contributed by atoms with E-state index in [0.717, 1.165) is 12.8 Å². The molecular formula is C25H32O7. The second kappa shape index (κ2) is 9.14. The number of aliphatic hydroxyl groups is 1. The van der Waals surface area contributed by atoms with Crippen molar-refractivity contribution in [3.8, 4) is 0 Å². The van der Waals surface area contributed by atoms with Gasteiger partial charge in [-0.2, -0.15) is 0 Å². The van der Waals surface area contributed by atoms with Gasteiger partial charge in [0.05, 0.1) is 23.5 Å². The van der Waals surface area contributed by atoms with E-state index in [-0.39, 0.29) is 23.2 Å². The number of rotatable bonds is 6. The van der Waals surface area contributed by atoms with Crippen LogP contribution >= 0.6 is 0 Å². The summed E-state index contributed by atoms with van der Waals surface area (Å²) in [6.45, 7) is 8.48. The lowest BCUT2D eigenvalue weighted by molar-refractivity contribution is -0.175. The molecule has 0 bridgehead atoms. The van der Waals surface area contributed by atoms with Gasteiger partial charge < -0.3 is 14.6 Å². The maximum atomic E-state index is 13.2. The van der Waals surface area contributed by atoms with Crippen molar-refractivity contribution >= 4 is 23.3 Å². The molecular weight excluding hydrogens is 412 g/mol. The summed E-state index contributed by atoms with van der Waals surface area (Å²) in [5.74, 6) is -2.96. The zero-order valence-electron chi connectivity index (χ0n) is 19.3. The van der Waals surface area contributed by atoms with Crippen LogP contribution < -0.4 is 0 Å². The average Bonchev–Trinajstić information content (AvgIpc) is 2.76. The number of allylic oxidation sites excluding steroid dienone is 3. The van der Waals surface area contributed by atoms with E-state index >= 15 is 0 Å². The van der Waals surface area contributed by atoms with Crippen molar-refractivity contribution in [2.24, 2.45) is 23.7 Å². The highest BCUT2D eigenvalue weighted by molar-refractivity contribution is 6.26. The van der Waals surface area contributed by atoms with E-state index in [0.29, 0.717) is 24.2 Å². The van der Waals surface area contributed by atoms with Gasteiger partial charge in [-0.05, 0) is 56.3 Å². The molecule has 0 unspecified atom stereocenters. The van der Waals surface area contributed by atoms with E-state index in [9.17, 15) is 24.3 Å². The Morgan fingerprint density at radius 1 is 1.28 bits per heavy atom. The molecule has 0 amide bonds. The molecule has 1 fully saturated rings. The fourth-order valence-electron chi connectivity index (χ4n) is 4.52. The first-order chi connectivity index (χ1) is 15.0. The molecule has 1 aliphatic heterocycles. The Kier molecular flexibility index (Phi) is 6.89. The second-order valence-electron chi connectivity index (χ2n) is 9.42. The van der Waals surface area contributed by atoms with Crippen molar-refractivity contribution in [2.45, 2.75) is 72.0 Å². The molecule has 3 rings (SSSR count). The van der Waals surface area contributed by atoms with Crippen LogP contribution in [0.2, 0.25) is 0 Å². The minimum atomic E-state index is -2.03. The van der Waals surface area contributed by atoms with Crippen molar-refractivity contribution in [1.29, 1.82) is 0 Å². The number of carbonyl (C=O) groups excluding carboxylic acids is 4. The number of hydrogen-bond acceptors (Lipinski definition) is 7. The molecule has 32 heavy (non-hydrogen) atoms. The molecule has 3 aliphatic rings. The monoisotopic (exact) mass is 444 g/mol. The first-order valence-corrected chi connectivity index (χ1v) is 11.3. The molecule has 0 aromatic heterocycles. The van der Waals surface area contributed by atoms with Crippen molar-refractivity contribution in [3.05, 3.63) is 35.3 Å². The Hall–Kier alpha value is -2.54. The van der Waals surface area contributed by atoms with Gasteiger partial charge in [-0.1, -0.05) is 27.2 Å². The van der Waals surface area contributed by atoms with Crippen LogP contribution in [0.1, 0.15) is 60.3 Å². The Morgan fingerprint density at radius 2 is 1.97 bits per heavy atom. The topological polar surface area (TPSA) is 107 Å². The molecule has 6 atom stereocenters. The molecule has 1 heterocycles. The van der Waals surface area contributed by atoms with E-state index in [4.69, 9.17) is 9.47 Å². The van der Waals surface area contributed by atoms with Crippen LogP contribution in [0.5, 0.6) is 0 Å². The van der Waals surface area contributed by atoms with Crippen molar-refractivity contribution in [3.63, 3.8) is 0 Å². The predicted octanol–water partition coefficient (Wildman–Crippen LogP) is 3.21. The van der Waals surface area contributed by atoms with E-state index in [1.165, 1.54) is 26.2 Å². The number of ketones is 3. The highest BCUT2D eigenvalue weighted by Gasteiger charge is 2.50. The number of hydrogen-bond donors (Lipinski definition) is 1. The smallest absolute Gasteiger partial charge is 0.312 e. The number of fused-ring (bicyclic) bond motifs is 1. The molecule has 7 nitrogen and oxygen atoms in total. The molecule has 0 aromatic rings. The second-order valence-corrected chi connectivity index (χ2v) is 9.42. The number of Topliss-reactive ketones (excluding diaryl/α,β-unsaturated/α-hetero) is 2. The first-order valence-electron chi connectivity index (χ1n) is 11.3. The van der Waals surface area contributed by atoms with Crippen molar-refractivity contribution in [2.75, 3.05) is 0 Å². The first kappa shape index (κ1) is 24.1. The zero-order valence-corrected chi connectivity index (χ0v) is 19.3. The summed E-state index contributed by atoms with van der Waals surface area (Å²) in [7, 11) is 0. The summed E-state index contributed by atoms with van der Waals surface area (Å²) >= 11 is 0. The SMILES string of the molecule is CC[C@H](C)[C@@H](O)[C@@H](C)C(=O)O[C@@]1(C)C(=O)C=C2C=C([C@@H]3C(=O)CCC[C@H]3C)OC=C2C1=O. The lowest BCUT2D eigenvalue weighted by Gasteiger charge is -2.35. The summed E-state index contributed by atoms with van der Waals surface area (Å²) in [5, 5.41) is 10.3. The molecule has 1 N–H and O–H groups in total. The summed E-state index contributed by atoms with van der Waals surface area (Å²) in [4.78, 5) is 51.2. The van der Waals surface area contributed by atoms with Crippen LogP contribution in [0.25, 0.3) is 0 Å². The van der Waals surface area contributed by atoms with Crippen LogP contribution in [0.4, 0.5) is 0 Å².